The summed E-state index contributed by atoms with van der Waals surface area (Å²) in [5, 5.41) is 10.8. The Morgan fingerprint density at radius 2 is 2.21 bits per heavy atom. The van der Waals surface area contributed by atoms with Crippen LogP contribution in [0.15, 0.2) is 12.1 Å². The van der Waals surface area contributed by atoms with E-state index in [1.54, 1.807) is 0 Å². The van der Waals surface area contributed by atoms with E-state index in [9.17, 15) is 4.79 Å². The van der Waals surface area contributed by atoms with Crippen LogP contribution in [0.3, 0.4) is 0 Å². The predicted octanol–water partition coefficient (Wildman–Crippen LogP) is 1.72. The first kappa shape index (κ1) is 14.8. The van der Waals surface area contributed by atoms with Gasteiger partial charge in [0.2, 0.25) is 0 Å². The van der Waals surface area contributed by atoms with Crippen LogP contribution in [-0.2, 0) is 4.79 Å². The third kappa shape index (κ3) is 4.18. The molecule has 0 atom stereocenters. The van der Waals surface area contributed by atoms with Gasteiger partial charge in [0.1, 0.15) is 12.3 Å². The summed E-state index contributed by atoms with van der Waals surface area (Å²) in [5.41, 5.74) is 8.47. The largest absolute Gasteiger partial charge is 0.483 e. The Morgan fingerprint density at radius 1 is 1.53 bits per heavy atom. The number of carbonyl (C=O) groups is 1. The molecule has 5 heteroatoms. The molecule has 0 spiro atoms. The van der Waals surface area contributed by atoms with Crippen molar-refractivity contribution in [2.45, 2.75) is 26.7 Å². The molecular weight excluding hydrogens is 242 g/mol. The van der Waals surface area contributed by atoms with Gasteiger partial charge in [-0.2, -0.15) is 5.26 Å². The number of hydrogen-bond acceptors (Lipinski definition) is 4. The Kier molecular flexibility index (Phi) is 5.19. The molecule has 0 bridgehead atoms. The molecule has 1 aromatic rings. The number of ether oxygens (including phenoxy) is 1. The van der Waals surface area contributed by atoms with Crippen LogP contribution >= 0.6 is 0 Å². The quantitative estimate of drug-likeness (QED) is 0.624. The van der Waals surface area contributed by atoms with Gasteiger partial charge in [0, 0.05) is 5.69 Å². The summed E-state index contributed by atoms with van der Waals surface area (Å²) in [4.78, 5) is 11.4. The second kappa shape index (κ2) is 6.64. The standard InChI is InChI=1S/C14H19N3O2/c1-9(2)11-7-12(16)10(3)6-13(11)19-8-14(18)17-5-4-15/h6-7,9H,5,8,16H2,1-3H3,(H,17,18). The van der Waals surface area contributed by atoms with E-state index in [-0.39, 0.29) is 25.0 Å². The normalized spacial score (nSPS) is 10.1. The molecule has 1 aromatic carbocycles. The van der Waals surface area contributed by atoms with Gasteiger partial charge in [-0.05, 0) is 36.1 Å². The first-order chi connectivity index (χ1) is 8.95. The van der Waals surface area contributed by atoms with Crippen molar-refractivity contribution in [2.75, 3.05) is 18.9 Å². The van der Waals surface area contributed by atoms with Crippen molar-refractivity contribution >= 4 is 11.6 Å². The van der Waals surface area contributed by atoms with E-state index in [1.807, 2.05) is 39.0 Å². The molecule has 0 fully saturated rings. The van der Waals surface area contributed by atoms with Gasteiger partial charge in [0.05, 0.1) is 6.07 Å². The number of nitrogens with zero attached hydrogens (tertiary/aromatic N) is 1. The molecule has 1 rings (SSSR count). The maximum Gasteiger partial charge on any atom is 0.258 e. The molecule has 0 aliphatic rings. The van der Waals surface area contributed by atoms with Gasteiger partial charge in [-0.1, -0.05) is 13.8 Å². The van der Waals surface area contributed by atoms with Crippen LogP contribution in [-0.4, -0.2) is 19.1 Å². The average Bonchev–Trinajstić information content (AvgIpc) is 2.36. The van der Waals surface area contributed by atoms with Crippen LogP contribution in [0.5, 0.6) is 5.75 Å². The molecule has 102 valence electrons. The maximum absolute atomic E-state index is 11.4. The summed E-state index contributed by atoms with van der Waals surface area (Å²) in [7, 11) is 0. The highest BCUT2D eigenvalue weighted by Crippen LogP contribution is 2.30. The molecule has 0 saturated heterocycles. The van der Waals surface area contributed by atoms with E-state index in [0.717, 1.165) is 11.1 Å². The van der Waals surface area contributed by atoms with Crippen molar-refractivity contribution < 1.29 is 9.53 Å². The highest BCUT2D eigenvalue weighted by Gasteiger charge is 2.12. The fourth-order valence-electron chi connectivity index (χ4n) is 1.62. The summed E-state index contributed by atoms with van der Waals surface area (Å²) >= 11 is 0. The summed E-state index contributed by atoms with van der Waals surface area (Å²) in [6, 6.07) is 5.55. The number of amides is 1. The fourth-order valence-corrected chi connectivity index (χ4v) is 1.62. The van der Waals surface area contributed by atoms with Gasteiger partial charge in [-0.15, -0.1) is 0 Å². The number of hydrogen-bond donors (Lipinski definition) is 2. The number of nitrogen functional groups attached to an aromatic ring is 1. The van der Waals surface area contributed by atoms with Crippen LogP contribution in [0.1, 0.15) is 30.9 Å². The Morgan fingerprint density at radius 3 is 2.79 bits per heavy atom. The molecular formula is C14H19N3O2. The van der Waals surface area contributed by atoms with Crippen molar-refractivity contribution in [3.8, 4) is 11.8 Å². The number of nitriles is 1. The van der Waals surface area contributed by atoms with Gasteiger partial charge in [0.25, 0.3) is 5.91 Å². The van der Waals surface area contributed by atoms with Crippen LogP contribution < -0.4 is 15.8 Å². The Hall–Kier alpha value is -2.22. The molecule has 0 aliphatic carbocycles. The van der Waals surface area contributed by atoms with Crippen LogP contribution in [0.4, 0.5) is 5.69 Å². The molecule has 1 amide bonds. The molecule has 0 radical (unpaired) electrons. The molecule has 0 aliphatic heterocycles. The third-order valence-corrected chi connectivity index (χ3v) is 2.74. The number of carbonyl (C=O) groups excluding carboxylic acids is 1. The Balaban J connectivity index is 2.80. The van der Waals surface area contributed by atoms with Crippen molar-refractivity contribution in [1.82, 2.24) is 5.32 Å². The van der Waals surface area contributed by atoms with Gasteiger partial charge < -0.3 is 15.8 Å². The molecule has 0 aromatic heterocycles. The van der Waals surface area contributed by atoms with E-state index < -0.39 is 0 Å². The van der Waals surface area contributed by atoms with Crippen molar-refractivity contribution in [3.05, 3.63) is 23.3 Å². The molecule has 0 heterocycles. The van der Waals surface area contributed by atoms with Gasteiger partial charge in [0.15, 0.2) is 6.61 Å². The maximum atomic E-state index is 11.4. The minimum absolute atomic E-state index is 0.0139. The second-order valence-corrected chi connectivity index (χ2v) is 4.62. The molecule has 0 unspecified atom stereocenters. The van der Waals surface area contributed by atoms with Crippen molar-refractivity contribution in [1.29, 1.82) is 5.26 Å². The number of aryl methyl sites for hydroxylation is 1. The van der Waals surface area contributed by atoms with Crippen molar-refractivity contribution in [2.24, 2.45) is 0 Å². The zero-order chi connectivity index (χ0) is 14.4. The van der Waals surface area contributed by atoms with E-state index in [4.69, 9.17) is 15.7 Å². The number of benzene rings is 1. The highest BCUT2D eigenvalue weighted by atomic mass is 16.5. The van der Waals surface area contributed by atoms with E-state index in [2.05, 4.69) is 5.32 Å². The lowest BCUT2D eigenvalue weighted by Crippen LogP contribution is -2.29. The van der Waals surface area contributed by atoms with Gasteiger partial charge in [-0.25, -0.2) is 0 Å². The van der Waals surface area contributed by atoms with Crippen molar-refractivity contribution in [3.63, 3.8) is 0 Å². The first-order valence-corrected chi connectivity index (χ1v) is 6.12. The molecule has 5 nitrogen and oxygen atoms in total. The van der Waals surface area contributed by atoms with Crippen LogP contribution in [0.2, 0.25) is 0 Å². The summed E-state index contributed by atoms with van der Waals surface area (Å²) in [5.74, 6) is 0.597. The van der Waals surface area contributed by atoms with Gasteiger partial charge in [-0.3, -0.25) is 4.79 Å². The summed E-state index contributed by atoms with van der Waals surface area (Å²) < 4.78 is 5.52. The lowest BCUT2D eigenvalue weighted by Gasteiger charge is -2.16. The Bertz CT molecular complexity index is 504. The van der Waals surface area contributed by atoms with E-state index in [1.165, 1.54) is 0 Å². The first-order valence-electron chi connectivity index (χ1n) is 6.12. The predicted molar refractivity (Wildman–Crippen MR) is 73.8 cm³/mol. The third-order valence-electron chi connectivity index (χ3n) is 2.74. The minimum atomic E-state index is -0.314. The van der Waals surface area contributed by atoms with Gasteiger partial charge >= 0.3 is 0 Å². The fraction of sp³-hybridized carbons (Fsp3) is 0.429. The smallest absolute Gasteiger partial charge is 0.258 e. The zero-order valence-electron chi connectivity index (χ0n) is 11.5. The molecule has 19 heavy (non-hydrogen) atoms. The summed E-state index contributed by atoms with van der Waals surface area (Å²) in [6.07, 6.45) is 0. The molecule has 0 saturated carbocycles. The lowest BCUT2D eigenvalue weighted by atomic mass is 9.99. The Labute approximate surface area is 113 Å². The monoisotopic (exact) mass is 261 g/mol. The van der Waals surface area contributed by atoms with Crippen LogP contribution in [0.25, 0.3) is 0 Å². The average molecular weight is 261 g/mol. The second-order valence-electron chi connectivity index (χ2n) is 4.62. The zero-order valence-corrected chi connectivity index (χ0v) is 11.5. The number of nitrogens with one attached hydrogen (secondary N) is 1. The lowest BCUT2D eigenvalue weighted by molar-refractivity contribution is -0.122. The number of nitrogens with two attached hydrogens (primary N) is 1. The molecule has 3 N–H and O–H groups in total. The topological polar surface area (TPSA) is 88.1 Å². The number of rotatable bonds is 5. The summed E-state index contributed by atoms with van der Waals surface area (Å²) in [6.45, 7) is 5.84. The number of anilines is 1. The minimum Gasteiger partial charge on any atom is -0.483 e. The van der Waals surface area contributed by atoms with E-state index in [0.29, 0.717) is 11.4 Å². The highest BCUT2D eigenvalue weighted by molar-refractivity contribution is 5.77. The van der Waals surface area contributed by atoms with Crippen LogP contribution in [0, 0.1) is 18.3 Å². The van der Waals surface area contributed by atoms with E-state index >= 15 is 0 Å². The SMILES string of the molecule is Cc1cc(OCC(=O)NCC#N)c(C(C)C)cc1N.